The Morgan fingerprint density at radius 3 is 1.35 bits per heavy atom. The van der Waals surface area contributed by atoms with Crippen LogP contribution in [0.4, 0.5) is 26.3 Å². The minimum atomic E-state index is -3.06. The van der Waals surface area contributed by atoms with Gasteiger partial charge < -0.3 is 39.5 Å². The highest BCUT2D eigenvalue weighted by atomic mass is 19.3. The first-order valence-electron chi connectivity index (χ1n) is 23.7. The zero-order valence-corrected chi connectivity index (χ0v) is 39.7. The number of aliphatic hydroxyl groups is 2. The fraction of sp³-hybridized carbons (Fsp3) is 0.308. The van der Waals surface area contributed by atoms with Crippen LogP contribution in [-0.2, 0) is 11.2 Å². The molecule has 22 heteroatoms. The molecule has 0 saturated heterocycles. The molecule has 0 saturated carbocycles. The molecule has 8 aromatic rings. The van der Waals surface area contributed by atoms with E-state index >= 15 is 8.78 Å². The van der Waals surface area contributed by atoms with E-state index < -0.39 is 72.0 Å². The van der Waals surface area contributed by atoms with Crippen molar-refractivity contribution in [1.29, 1.82) is 0 Å². The second kappa shape index (κ2) is 17.9. The average molecular weight is 1020 g/mol. The van der Waals surface area contributed by atoms with Crippen molar-refractivity contribution in [2.24, 2.45) is 0 Å². The van der Waals surface area contributed by atoms with Gasteiger partial charge in [-0.1, -0.05) is 26.0 Å². The number of carbonyl (C=O) groups is 2. The summed E-state index contributed by atoms with van der Waals surface area (Å²) in [5, 5.41) is 26.7. The first kappa shape index (κ1) is 48.3. The van der Waals surface area contributed by atoms with Crippen molar-refractivity contribution in [1.82, 2.24) is 49.7 Å². The van der Waals surface area contributed by atoms with Gasteiger partial charge in [0.05, 0.1) is 46.2 Å². The van der Waals surface area contributed by atoms with Crippen LogP contribution in [0.2, 0.25) is 0 Å². The fourth-order valence-electron chi connectivity index (χ4n) is 10.3. The van der Waals surface area contributed by atoms with Gasteiger partial charge in [0, 0.05) is 81.4 Å². The summed E-state index contributed by atoms with van der Waals surface area (Å²) in [6, 6.07) is 12.7. The van der Waals surface area contributed by atoms with Crippen molar-refractivity contribution in [2.45, 2.75) is 102 Å². The Morgan fingerprint density at radius 2 is 1.00 bits per heavy atom. The van der Waals surface area contributed by atoms with Crippen LogP contribution in [0.1, 0.15) is 133 Å². The van der Waals surface area contributed by atoms with Gasteiger partial charge in [0.2, 0.25) is 0 Å². The quantitative estimate of drug-likeness (QED) is 0.0947. The third-order valence-electron chi connectivity index (χ3n) is 14.4. The highest BCUT2D eigenvalue weighted by molar-refractivity contribution is 5.99. The SMILES string of the molecule is CC[C@@](C)(O)c1ncc(-c2cc3c(cc2F)nc2n3[C@@H]3C[C@H]2NC(=O)c2cccc(OC(F)F)c23)cn1.CC[C@](C)(O)c1ncc(-c2cc3c(cc2F)nc2n3[C@@H]3C[C@H]2NC(=O)c2cccc(OC(F)F)c23)cn1. The van der Waals surface area contributed by atoms with Crippen LogP contribution < -0.4 is 20.1 Å². The second-order valence-corrected chi connectivity index (χ2v) is 18.9. The number of nitrogens with one attached hydrogen (secondary N) is 2. The molecule has 4 N–H and O–H groups in total. The summed E-state index contributed by atoms with van der Waals surface area (Å²) in [5.41, 5.74) is 1.84. The van der Waals surface area contributed by atoms with E-state index in [1.54, 1.807) is 38.1 Å². The molecule has 4 bridgehead atoms. The number of halogens is 6. The van der Waals surface area contributed by atoms with Crippen LogP contribution >= 0.6 is 0 Å². The number of amides is 2. The minimum Gasteiger partial charge on any atom is -0.434 e. The average Bonchev–Trinajstić information content (AvgIpc) is 4.07. The molecule has 74 heavy (non-hydrogen) atoms. The molecule has 6 atom stereocenters. The lowest BCUT2D eigenvalue weighted by Crippen LogP contribution is -2.28. The number of alkyl halides is 4. The van der Waals surface area contributed by atoms with Crippen molar-refractivity contribution in [2.75, 3.05) is 0 Å². The van der Waals surface area contributed by atoms with Crippen molar-refractivity contribution < 1.29 is 55.6 Å². The molecule has 380 valence electrons. The van der Waals surface area contributed by atoms with Crippen LogP contribution in [0.15, 0.2) is 85.5 Å². The van der Waals surface area contributed by atoms with E-state index in [1.807, 2.05) is 23.0 Å². The summed E-state index contributed by atoms with van der Waals surface area (Å²) in [4.78, 5) is 51.9. The molecule has 12 rings (SSSR count). The lowest BCUT2D eigenvalue weighted by atomic mass is 9.97. The number of ether oxygens (including phenoxy) is 2. The Labute approximate surface area is 416 Å². The molecule has 16 nitrogen and oxygen atoms in total. The molecule has 8 heterocycles. The van der Waals surface area contributed by atoms with Crippen LogP contribution in [0, 0.1) is 11.6 Å². The van der Waals surface area contributed by atoms with Crippen molar-refractivity contribution in [3.05, 3.63) is 143 Å². The molecule has 4 aromatic carbocycles. The van der Waals surface area contributed by atoms with E-state index in [0.717, 1.165) is 0 Å². The van der Waals surface area contributed by atoms with E-state index in [2.05, 4.69) is 40.5 Å². The molecule has 4 aromatic heterocycles. The van der Waals surface area contributed by atoms with Gasteiger partial charge in [-0.05, 0) is 75.9 Å². The van der Waals surface area contributed by atoms with Gasteiger partial charge in [0.15, 0.2) is 11.6 Å². The molecule has 4 aliphatic heterocycles. The van der Waals surface area contributed by atoms with Gasteiger partial charge in [0.1, 0.15) is 46.0 Å². The van der Waals surface area contributed by atoms with Gasteiger partial charge in [-0.15, -0.1) is 0 Å². The van der Waals surface area contributed by atoms with Gasteiger partial charge in [0.25, 0.3) is 11.8 Å². The summed E-state index contributed by atoms with van der Waals surface area (Å²) in [6.45, 7) is 0.697. The zero-order chi connectivity index (χ0) is 52.1. The first-order chi connectivity index (χ1) is 35.3. The predicted molar refractivity (Wildman–Crippen MR) is 253 cm³/mol. The van der Waals surface area contributed by atoms with Crippen molar-refractivity contribution >= 4 is 33.9 Å². The lowest BCUT2D eigenvalue weighted by molar-refractivity contribution is -0.0513. The van der Waals surface area contributed by atoms with E-state index in [0.29, 0.717) is 81.7 Å². The summed E-state index contributed by atoms with van der Waals surface area (Å²) < 4.78 is 96.6. The van der Waals surface area contributed by atoms with Crippen LogP contribution in [0.3, 0.4) is 0 Å². The van der Waals surface area contributed by atoms with Crippen LogP contribution in [0.5, 0.6) is 11.5 Å². The third kappa shape index (κ3) is 8.02. The third-order valence-corrected chi connectivity index (χ3v) is 14.4. The number of benzene rings is 4. The smallest absolute Gasteiger partial charge is 0.387 e. The molecular formula is C52H44F6N10O6. The number of nitrogens with zero attached hydrogens (tertiary/aromatic N) is 8. The Kier molecular flexibility index (Phi) is 11.7. The van der Waals surface area contributed by atoms with Gasteiger partial charge in [-0.2, -0.15) is 17.6 Å². The van der Waals surface area contributed by atoms with E-state index in [4.69, 9.17) is 9.47 Å². The molecule has 4 aliphatic rings. The van der Waals surface area contributed by atoms with Gasteiger partial charge in [-0.25, -0.2) is 38.7 Å². The first-order valence-corrected chi connectivity index (χ1v) is 23.7. The normalized spacial score (nSPS) is 19.8. The molecule has 0 aliphatic carbocycles. The second-order valence-electron chi connectivity index (χ2n) is 18.9. The molecule has 0 radical (unpaired) electrons. The molecule has 0 fully saturated rings. The number of carbonyl (C=O) groups excluding carboxylic acids is 2. The summed E-state index contributed by atoms with van der Waals surface area (Å²) in [6.07, 6.45) is 7.39. The van der Waals surface area contributed by atoms with Gasteiger partial charge in [-0.3, -0.25) is 9.59 Å². The Balaban J connectivity index is 0.000000159. The Morgan fingerprint density at radius 1 is 0.622 bits per heavy atom. The maximum atomic E-state index is 15.2. The zero-order valence-electron chi connectivity index (χ0n) is 39.7. The van der Waals surface area contributed by atoms with E-state index in [-0.39, 0.29) is 45.4 Å². The predicted octanol–water partition coefficient (Wildman–Crippen LogP) is 9.26. The summed E-state index contributed by atoms with van der Waals surface area (Å²) >= 11 is 0. The van der Waals surface area contributed by atoms with Gasteiger partial charge >= 0.3 is 13.2 Å². The molecule has 2 amide bonds. The molecule has 0 spiro atoms. The largest absolute Gasteiger partial charge is 0.434 e. The Hall–Kier alpha value is -7.98. The van der Waals surface area contributed by atoms with Crippen molar-refractivity contribution in [3.8, 4) is 33.8 Å². The molecule has 0 unspecified atom stereocenters. The number of rotatable bonds is 10. The number of imidazole rings is 2. The monoisotopic (exact) mass is 1020 g/mol. The lowest BCUT2D eigenvalue weighted by Gasteiger charge is -2.21. The van der Waals surface area contributed by atoms with E-state index in [9.17, 15) is 37.4 Å². The van der Waals surface area contributed by atoms with E-state index in [1.165, 1.54) is 61.2 Å². The minimum absolute atomic E-state index is 0.0858. The highest BCUT2D eigenvalue weighted by Crippen LogP contribution is 2.50. The maximum absolute atomic E-state index is 15.2. The van der Waals surface area contributed by atoms with Crippen molar-refractivity contribution in [3.63, 3.8) is 0 Å². The highest BCUT2D eigenvalue weighted by Gasteiger charge is 2.44. The standard InChI is InChI=1S/2C26H22F3N5O3/c2*1-3-26(2,36)24-30-10-12(11-31-24)14-7-18-16(8-15(14)27)32-22-17-9-19(34(18)22)21-13(23(35)33-17)5-4-6-20(21)37-25(28)29/h2*4-8,10-11,17,19,25,36H,3,9H2,1-2H3,(H,33,35)/t17-,19-,26+;17-,19-,26-/m11/s1. The maximum Gasteiger partial charge on any atom is 0.387 e. The van der Waals surface area contributed by atoms with Crippen LogP contribution in [-0.4, -0.2) is 74.3 Å². The number of hydrogen-bond acceptors (Lipinski definition) is 12. The topological polar surface area (TPSA) is 204 Å². The fourth-order valence-corrected chi connectivity index (χ4v) is 10.3. The number of fused-ring (bicyclic) bond motifs is 18. The summed E-state index contributed by atoms with van der Waals surface area (Å²) in [7, 11) is 0. The summed E-state index contributed by atoms with van der Waals surface area (Å²) in [5.74, 6) is -0.603. The Bertz CT molecular complexity index is 3340. The van der Waals surface area contributed by atoms with Crippen LogP contribution in [0.25, 0.3) is 44.3 Å². The molecular weight excluding hydrogens is 975 g/mol. The number of hydrogen-bond donors (Lipinski definition) is 4. The number of aromatic nitrogens is 8.